The van der Waals surface area contributed by atoms with Crippen molar-refractivity contribution in [3.8, 4) is 0 Å². The highest BCUT2D eigenvalue weighted by Crippen LogP contribution is 2.09. The molecule has 1 atom stereocenters. The van der Waals surface area contributed by atoms with Gasteiger partial charge in [0, 0.05) is 17.9 Å². The Hall–Kier alpha value is -1.56. The van der Waals surface area contributed by atoms with Crippen LogP contribution in [0.2, 0.25) is 0 Å². The van der Waals surface area contributed by atoms with E-state index in [0.717, 1.165) is 0 Å². The monoisotopic (exact) mass is 268 g/mol. The number of thioether (sulfide) groups is 1. The van der Waals surface area contributed by atoms with E-state index >= 15 is 0 Å². The largest absolute Gasteiger partial charge is 0.350 e. The van der Waals surface area contributed by atoms with Crippen LogP contribution < -0.4 is 10.6 Å². The zero-order chi connectivity index (χ0) is 13.0. The van der Waals surface area contributed by atoms with Gasteiger partial charge >= 0.3 is 0 Å². The minimum atomic E-state index is -0.525. The highest BCUT2D eigenvalue weighted by Gasteiger charge is 2.24. The molecule has 0 saturated carbocycles. The summed E-state index contributed by atoms with van der Waals surface area (Å²) < 4.78 is 13.3. The van der Waals surface area contributed by atoms with Crippen molar-refractivity contribution in [1.29, 1.82) is 0 Å². The van der Waals surface area contributed by atoms with Gasteiger partial charge in [-0.05, 0) is 6.07 Å². The third-order valence-electron chi connectivity index (χ3n) is 2.58. The average Bonchev–Trinajstić information content (AvgIpc) is 2.37. The summed E-state index contributed by atoms with van der Waals surface area (Å²) >= 11 is 1.42. The van der Waals surface area contributed by atoms with E-state index < -0.39 is 6.04 Å². The van der Waals surface area contributed by atoms with Gasteiger partial charge in [0.25, 0.3) is 0 Å². The van der Waals surface area contributed by atoms with Crippen molar-refractivity contribution in [2.75, 3.05) is 11.5 Å². The molecule has 1 saturated heterocycles. The lowest BCUT2D eigenvalue weighted by molar-refractivity contribution is -0.127. The number of benzene rings is 1. The maximum atomic E-state index is 13.3. The van der Waals surface area contributed by atoms with Gasteiger partial charge in [0.15, 0.2) is 0 Å². The van der Waals surface area contributed by atoms with Gasteiger partial charge in [0.05, 0.1) is 5.75 Å². The predicted molar refractivity (Wildman–Crippen MR) is 67.5 cm³/mol. The minimum Gasteiger partial charge on any atom is -0.350 e. The van der Waals surface area contributed by atoms with Crippen LogP contribution in [-0.4, -0.2) is 29.4 Å². The number of nitrogens with one attached hydrogen (secondary N) is 2. The number of amides is 2. The van der Waals surface area contributed by atoms with Gasteiger partial charge in [-0.15, -0.1) is 11.8 Å². The molecule has 2 amide bonds. The van der Waals surface area contributed by atoms with E-state index in [2.05, 4.69) is 10.6 Å². The molecule has 1 fully saturated rings. The number of hydrogen-bond donors (Lipinski definition) is 2. The van der Waals surface area contributed by atoms with Crippen molar-refractivity contribution < 1.29 is 14.0 Å². The molecule has 96 valence electrons. The maximum absolute atomic E-state index is 13.3. The Morgan fingerprint density at radius 3 is 3.00 bits per heavy atom. The first-order valence-corrected chi connectivity index (χ1v) is 6.70. The molecule has 1 aromatic rings. The van der Waals surface area contributed by atoms with Crippen LogP contribution in [0.3, 0.4) is 0 Å². The Bertz CT molecular complexity index is 467. The molecule has 0 aromatic heterocycles. The van der Waals surface area contributed by atoms with Crippen LogP contribution in [0, 0.1) is 5.82 Å². The molecule has 0 radical (unpaired) electrons. The van der Waals surface area contributed by atoms with Gasteiger partial charge in [0.1, 0.15) is 11.9 Å². The fourth-order valence-electron chi connectivity index (χ4n) is 1.64. The second-order valence-electron chi connectivity index (χ2n) is 3.94. The molecule has 6 heteroatoms. The molecule has 2 rings (SSSR count). The first-order valence-electron chi connectivity index (χ1n) is 5.55. The normalized spacial score (nSPS) is 19.2. The van der Waals surface area contributed by atoms with Crippen LogP contribution in [-0.2, 0) is 16.1 Å². The van der Waals surface area contributed by atoms with E-state index in [1.807, 2.05) is 0 Å². The molecule has 1 heterocycles. The summed E-state index contributed by atoms with van der Waals surface area (Å²) in [6.07, 6.45) is 0. The van der Waals surface area contributed by atoms with Gasteiger partial charge in [-0.2, -0.15) is 0 Å². The SMILES string of the molecule is O=C1CSCC(C(=O)NCc2ccccc2F)N1. The van der Waals surface area contributed by atoms with Gasteiger partial charge in [-0.3, -0.25) is 9.59 Å². The van der Waals surface area contributed by atoms with Crippen LogP contribution in [0.1, 0.15) is 5.56 Å². The predicted octanol–water partition coefficient (Wildman–Crippen LogP) is 0.674. The number of carbonyl (C=O) groups is 2. The highest BCUT2D eigenvalue weighted by atomic mass is 32.2. The summed E-state index contributed by atoms with van der Waals surface area (Å²) in [4.78, 5) is 22.9. The van der Waals surface area contributed by atoms with Crippen LogP contribution in [0.15, 0.2) is 24.3 Å². The standard InChI is InChI=1S/C12H13FN2O2S/c13-9-4-2-1-3-8(9)5-14-12(17)10-6-18-7-11(16)15-10/h1-4,10H,5-7H2,(H,14,17)(H,15,16). The quantitative estimate of drug-likeness (QED) is 0.847. The third-order valence-corrected chi connectivity index (χ3v) is 3.62. The van der Waals surface area contributed by atoms with Crippen LogP contribution in [0.4, 0.5) is 4.39 Å². The summed E-state index contributed by atoms with van der Waals surface area (Å²) in [5.74, 6) is 0.169. The topological polar surface area (TPSA) is 58.2 Å². The molecule has 1 aromatic carbocycles. The van der Waals surface area contributed by atoms with E-state index in [1.165, 1.54) is 17.8 Å². The summed E-state index contributed by atoms with van der Waals surface area (Å²) in [5.41, 5.74) is 0.431. The van der Waals surface area contributed by atoms with Crippen LogP contribution >= 0.6 is 11.8 Å². The summed E-state index contributed by atoms with van der Waals surface area (Å²) in [6, 6.07) is 5.74. The Morgan fingerprint density at radius 1 is 1.50 bits per heavy atom. The second kappa shape index (κ2) is 5.86. The van der Waals surface area contributed by atoms with Crippen molar-refractivity contribution in [2.45, 2.75) is 12.6 Å². The fourth-order valence-corrected chi connectivity index (χ4v) is 2.49. The molecule has 0 spiro atoms. The van der Waals surface area contributed by atoms with E-state index in [1.54, 1.807) is 18.2 Å². The van der Waals surface area contributed by atoms with Gasteiger partial charge in [-0.25, -0.2) is 4.39 Å². The zero-order valence-electron chi connectivity index (χ0n) is 9.61. The van der Waals surface area contributed by atoms with E-state index in [0.29, 0.717) is 17.1 Å². The molecule has 0 aliphatic carbocycles. The Kier molecular flexibility index (Phi) is 4.19. The fraction of sp³-hybridized carbons (Fsp3) is 0.333. The summed E-state index contributed by atoms with van der Waals surface area (Å²) in [5, 5.41) is 5.22. The molecule has 2 N–H and O–H groups in total. The molecule has 1 aliphatic heterocycles. The molecule has 4 nitrogen and oxygen atoms in total. The van der Waals surface area contributed by atoms with Gasteiger partial charge in [0.2, 0.25) is 11.8 Å². The summed E-state index contributed by atoms with van der Waals surface area (Å²) in [6.45, 7) is 0.128. The third kappa shape index (κ3) is 3.22. The van der Waals surface area contributed by atoms with Crippen molar-refractivity contribution in [3.05, 3.63) is 35.6 Å². The number of carbonyl (C=O) groups excluding carboxylic acids is 2. The van der Waals surface area contributed by atoms with E-state index in [4.69, 9.17) is 0 Å². The molecule has 1 aliphatic rings. The highest BCUT2D eigenvalue weighted by molar-refractivity contribution is 8.00. The molecular formula is C12H13FN2O2S. The zero-order valence-corrected chi connectivity index (χ0v) is 10.4. The van der Waals surface area contributed by atoms with E-state index in [-0.39, 0.29) is 24.2 Å². The van der Waals surface area contributed by atoms with Crippen molar-refractivity contribution in [2.24, 2.45) is 0 Å². The number of rotatable bonds is 3. The van der Waals surface area contributed by atoms with Crippen LogP contribution in [0.5, 0.6) is 0 Å². The average molecular weight is 268 g/mol. The molecule has 1 unspecified atom stereocenters. The smallest absolute Gasteiger partial charge is 0.243 e. The van der Waals surface area contributed by atoms with Gasteiger partial charge in [-0.1, -0.05) is 18.2 Å². The molecular weight excluding hydrogens is 255 g/mol. The second-order valence-corrected chi connectivity index (χ2v) is 4.97. The Balaban J connectivity index is 1.88. The maximum Gasteiger partial charge on any atom is 0.243 e. The van der Waals surface area contributed by atoms with Gasteiger partial charge < -0.3 is 10.6 Å². The van der Waals surface area contributed by atoms with Crippen LogP contribution in [0.25, 0.3) is 0 Å². The Morgan fingerprint density at radius 2 is 2.28 bits per heavy atom. The van der Waals surface area contributed by atoms with Crippen molar-refractivity contribution in [1.82, 2.24) is 10.6 Å². The Labute approximate surface area is 108 Å². The number of halogens is 1. The lowest BCUT2D eigenvalue weighted by Gasteiger charge is -2.22. The lowest BCUT2D eigenvalue weighted by Crippen LogP contribution is -2.51. The minimum absolute atomic E-state index is 0.128. The van der Waals surface area contributed by atoms with Crippen molar-refractivity contribution >= 4 is 23.6 Å². The first-order chi connectivity index (χ1) is 8.66. The molecule has 0 bridgehead atoms. The van der Waals surface area contributed by atoms with E-state index in [9.17, 15) is 14.0 Å². The number of hydrogen-bond acceptors (Lipinski definition) is 3. The first kappa shape index (κ1) is 12.9. The van der Waals surface area contributed by atoms with Crippen molar-refractivity contribution in [3.63, 3.8) is 0 Å². The summed E-state index contributed by atoms with van der Waals surface area (Å²) in [7, 11) is 0. The lowest BCUT2D eigenvalue weighted by atomic mass is 10.2. The molecule has 18 heavy (non-hydrogen) atoms.